The molecule has 2 aliphatic heterocycles. The van der Waals surface area contributed by atoms with Crippen LogP contribution in [0.25, 0.3) is 0 Å². The van der Waals surface area contributed by atoms with E-state index in [4.69, 9.17) is 0 Å². The average molecular weight is 758 g/mol. The van der Waals surface area contributed by atoms with Crippen LogP contribution in [0.5, 0.6) is 0 Å². The molecule has 1 aromatic rings. The van der Waals surface area contributed by atoms with Crippen molar-refractivity contribution in [3.8, 4) is 0 Å². The van der Waals surface area contributed by atoms with Gasteiger partial charge < -0.3 is 36.8 Å². The topological polar surface area (TPSA) is 195 Å². The quantitative estimate of drug-likeness (QED) is 0.186. The van der Waals surface area contributed by atoms with Gasteiger partial charge in [0.25, 0.3) is 0 Å². The summed E-state index contributed by atoms with van der Waals surface area (Å²) >= 11 is 1.11. The van der Waals surface area contributed by atoms with Crippen LogP contribution in [-0.2, 0) is 40.0 Å². The van der Waals surface area contributed by atoms with E-state index in [1.165, 1.54) is 11.9 Å². The van der Waals surface area contributed by atoms with Gasteiger partial charge >= 0.3 is 0 Å². The monoisotopic (exact) mass is 757 g/mol. The van der Waals surface area contributed by atoms with Crippen molar-refractivity contribution >= 4 is 53.1 Å². The molecule has 14 nitrogen and oxygen atoms in total. The summed E-state index contributed by atoms with van der Waals surface area (Å²) in [6, 6.07) is 3.45. The first-order valence-corrected chi connectivity index (χ1v) is 20.3. The zero-order valence-corrected chi connectivity index (χ0v) is 32.5. The second-order valence-electron chi connectivity index (χ2n) is 13.8. The van der Waals surface area contributed by atoms with E-state index in [9.17, 15) is 33.6 Å². The molecule has 0 spiro atoms. The van der Waals surface area contributed by atoms with E-state index in [1.807, 2.05) is 51.1 Å². The third-order valence-electron chi connectivity index (χ3n) is 9.59. The first kappa shape index (κ1) is 43.3. The number of hydrogen-bond acceptors (Lipinski definition) is 8. The van der Waals surface area contributed by atoms with Crippen LogP contribution in [-0.4, -0.2) is 108 Å². The third-order valence-corrected chi connectivity index (χ3v) is 10.6. The van der Waals surface area contributed by atoms with Crippen molar-refractivity contribution < 1.29 is 33.6 Å². The molecule has 2 heterocycles. The number of benzene rings is 1. The van der Waals surface area contributed by atoms with Gasteiger partial charge in [-0.15, -0.1) is 11.8 Å². The number of fused-ring (bicyclic) bond motifs is 1. The Hall–Kier alpha value is -4.14. The highest BCUT2D eigenvalue weighted by Crippen LogP contribution is 2.21. The summed E-state index contributed by atoms with van der Waals surface area (Å²) in [6.07, 6.45) is 6.31. The Balaban J connectivity index is 2.01. The zero-order valence-electron chi connectivity index (χ0n) is 31.7. The molecular weight excluding hydrogens is 699 g/mol. The average Bonchev–Trinajstić information content (AvgIpc) is 3.65. The lowest BCUT2D eigenvalue weighted by Gasteiger charge is -2.31. The number of hydrogen-bond donors (Lipinski definition) is 6. The van der Waals surface area contributed by atoms with E-state index in [-0.39, 0.29) is 17.9 Å². The fourth-order valence-electron chi connectivity index (χ4n) is 6.53. The Labute approximate surface area is 317 Å². The second kappa shape index (κ2) is 22.8. The largest absolute Gasteiger partial charge is 0.357 e. The van der Waals surface area contributed by atoms with Crippen LogP contribution in [0.15, 0.2) is 30.3 Å². The molecule has 2 fully saturated rings. The van der Waals surface area contributed by atoms with Gasteiger partial charge in [0.05, 0.1) is 5.75 Å². The lowest BCUT2D eigenvalue weighted by atomic mass is 10.0. The molecule has 0 aliphatic carbocycles. The molecule has 0 saturated carbocycles. The van der Waals surface area contributed by atoms with Gasteiger partial charge in [0.1, 0.15) is 36.3 Å². The van der Waals surface area contributed by atoms with Crippen LogP contribution >= 0.6 is 11.8 Å². The van der Waals surface area contributed by atoms with E-state index in [0.717, 1.165) is 36.6 Å². The SMILES string of the molecule is CCCC[C@@H]1NC(=O)C2CCCN2C(=O)[C@H](CCCC)NC(=O)[C@H](CCCC)NC(=O)[C@H](Cc2ccccc2)NC(=O)CSC[C@H](C(=O)NC)NC1=O. The first-order chi connectivity index (χ1) is 25.5. The van der Waals surface area contributed by atoms with Gasteiger partial charge in [-0.05, 0) is 37.7 Å². The lowest BCUT2D eigenvalue weighted by molar-refractivity contribution is -0.142. The molecule has 0 aromatic heterocycles. The second-order valence-corrected chi connectivity index (χ2v) is 14.8. The van der Waals surface area contributed by atoms with Crippen LogP contribution in [0.4, 0.5) is 0 Å². The highest BCUT2D eigenvalue weighted by molar-refractivity contribution is 8.00. The van der Waals surface area contributed by atoms with E-state index >= 15 is 0 Å². The molecule has 15 heteroatoms. The van der Waals surface area contributed by atoms with Crippen molar-refractivity contribution in [2.75, 3.05) is 25.1 Å². The minimum absolute atomic E-state index is 0.0478. The summed E-state index contributed by atoms with van der Waals surface area (Å²) in [5, 5.41) is 16.7. The number of amides is 7. The summed E-state index contributed by atoms with van der Waals surface area (Å²) in [7, 11) is 1.45. The summed E-state index contributed by atoms with van der Waals surface area (Å²) in [4.78, 5) is 97.0. The Morgan fingerprint density at radius 2 is 1.28 bits per heavy atom. The molecule has 0 bridgehead atoms. The smallest absolute Gasteiger partial charge is 0.245 e. The fraction of sp³-hybridized carbons (Fsp3) is 0.658. The maximum atomic E-state index is 14.2. The molecule has 1 unspecified atom stereocenters. The number of unbranched alkanes of at least 4 members (excludes halogenated alkanes) is 3. The van der Waals surface area contributed by atoms with Gasteiger partial charge in [-0.1, -0.05) is 89.6 Å². The van der Waals surface area contributed by atoms with Crippen LogP contribution in [0.3, 0.4) is 0 Å². The standard InChI is InChI=1S/C38H59N7O7S/c1-5-8-17-26-34(48)43-28(19-10-7-3)38(52)45-21-14-20-31(45)37(51)42-27(18-9-6-2)35(49)44-30(33(47)39-4)23-53-24-32(46)40-29(36(50)41-26)22-25-15-12-11-13-16-25/h11-13,15-16,26-31H,5-10,14,17-24H2,1-4H3,(H,39,47)(H,40,46)(H,41,50)(H,42,51)(H,43,48)(H,44,49)/t26-,27-,28-,29-,30+,31?/m0/s1. The number of nitrogens with zero attached hydrogens (tertiary/aromatic N) is 1. The van der Waals surface area contributed by atoms with Crippen molar-refractivity contribution in [1.29, 1.82) is 0 Å². The van der Waals surface area contributed by atoms with Gasteiger partial charge in [0.2, 0.25) is 41.4 Å². The van der Waals surface area contributed by atoms with Crippen LogP contribution in [0.1, 0.15) is 97.0 Å². The number of likely N-dealkylation sites (N-methyl/N-ethyl adjacent to an activating group) is 1. The van der Waals surface area contributed by atoms with Crippen molar-refractivity contribution in [1.82, 2.24) is 36.8 Å². The normalized spacial score (nSPS) is 25.5. The first-order valence-electron chi connectivity index (χ1n) is 19.2. The molecule has 294 valence electrons. The highest BCUT2D eigenvalue weighted by atomic mass is 32.2. The summed E-state index contributed by atoms with van der Waals surface area (Å²) in [6.45, 7) is 6.23. The number of carbonyl (C=O) groups is 7. The molecule has 3 rings (SSSR count). The molecule has 6 atom stereocenters. The van der Waals surface area contributed by atoms with Gasteiger partial charge in [0.15, 0.2) is 0 Å². The van der Waals surface area contributed by atoms with Gasteiger partial charge in [-0.25, -0.2) is 0 Å². The molecule has 1 aromatic carbocycles. The molecule has 2 aliphatic rings. The minimum atomic E-state index is -1.02. The van der Waals surface area contributed by atoms with Gasteiger partial charge in [-0.3, -0.25) is 33.6 Å². The lowest BCUT2D eigenvalue weighted by Crippen LogP contribution is -2.59. The molecule has 0 radical (unpaired) electrons. The number of thioether (sulfide) groups is 1. The molecule has 2 saturated heterocycles. The molecule has 7 amide bonds. The molecule has 6 N–H and O–H groups in total. The summed E-state index contributed by atoms with van der Waals surface area (Å²) in [5.74, 6) is -3.46. The zero-order chi connectivity index (χ0) is 38.8. The predicted molar refractivity (Wildman–Crippen MR) is 205 cm³/mol. The summed E-state index contributed by atoms with van der Waals surface area (Å²) in [5.41, 5.74) is 0.800. The van der Waals surface area contributed by atoms with Crippen molar-refractivity contribution in [3.63, 3.8) is 0 Å². The van der Waals surface area contributed by atoms with Crippen molar-refractivity contribution in [2.45, 2.75) is 134 Å². The van der Waals surface area contributed by atoms with E-state index < -0.39 is 77.6 Å². The van der Waals surface area contributed by atoms with E-state index in [1.54, 1.807) is 0 Å². The van der Waals surface area contributed by atoms with E-state index in [0.29, 0.717) is 57.9 Å². The van der Waals surface area contributed by atoms with Crippen LogP contribution in [0.2, 0.25) is 0 Å². The molecular formula is C38H59N7O7S. The Morgan fingerprint density at radius 3 is 1.89 bits per heavy atom. The van der Waals surface area contributed by atoms with Crippen LogP contribution in [0, 0.1) is 0 Å². The maximum Gasteiger partial charge on any atom is 0.245 e. The van der Waals surface area contributed by atoms with Gasteiger partial charge in [-0.2, -0.15) is 0 Å². The maximum absolute atomic E-state index is 14.2. The molecule has 53 heavy (non-hydrogen) atoms. The summed E-state index contributed by atoms with van der Waals surface area (Å²) < 4.78 is 0. The fourth-order valence-corrected chi connectivity index (χ4v) is 7.39. The predicted octanol–water partition coefficient (Wildman–Crippen LogP) is 1.71. The number of carbonyl (C=O) groups excluding carboxylic acids is 7. The van der Waals surface area contributed by atoms with Crippen LogP contribution < -0.4 is 31.9 Å². The van der Waals surface area contributed by atoms with Crippen molar-refractivity contribution in [2.24, 2.45) is 0 Å². The van der Waals surface area contributed by atoms with Gasteiger partial charge in [0, 0.05) is 25.8 Å². The third kappa shape index (κ3) is 13.7. The van der Waals surface area contributed by atoms with E-state index in [2.05, 4.69) is 31.9 Å². The highest BCUT2D eigenvalue weighted by Gasteiger charge is 2.40. The number of rotatable bonds is 12. The number of nitrogens with one attached hydrogen (secondary N) is 6. The minimum Gasteiger partial charge on any atom is -0.357 e. The van der Waals surface area contributed by atoms with Crippen molar-refractivity contribution in [3.05, 3.63) is 35.9 Å². The Kier molecular flexibility index (Phi) is 18.6. The Bertz CT molecular complexity index is 1400. The Morgan fingerprint density at radius 1 is 0.736 bits per heavy atom.